The lowest BCUT2D eigenvalue weighted by molar-refractivity contribution is 0.0951. The van der Waals surface area contributed by atoms with Crippen LogP contribution < -0.4 is 4.90 Å². The summed E-state index contributed by atoms with van der Waals surface area (Å²) in [6.07, 6.45) is 3.81. The van der Waals surface area contributed by atoms with Gasteiger partial charge >= 0.3 is 0 Å². The van der Waals surface area contributed by atoms with E-state index >= 15 is 0 Å². The molecular formula is C28H20ClN3O. The molecule has 0 spiro atoms. The van der Waals surface area contributed by atoms with Crippen LogP contribution in [0.15, 0.2) is 78.9 Å². The Kier molecular flexibility index (Phi) is 5.05. The van der Waals surface area contributed by atoms with Crippen molar-refractivity contribution >= 4 is 29.1 Å². The molecule has 3 atom stereocenters. The summed E-state index contributed by atoms with van der Waals surface area (Å²) in [6, 6.07) is 25.6. The molecule has 0 aliphatic carbocycles. The summed E-state index contributed by atoms with van der Waals surface area (Å²) in [4.78, 5) is 16.1. The van der Waals surface area contributed by atoms with Gasteiger partial charge in [0.05, 0.1) is 18.2 Å². The third-order valence-corrected chi connectivity index (χ3v) is 7.10. The molecule has 160 valence electrons. The van der Waals surface area contributed by atoms with Gasteiger partial charge in [0, 0.05) is 22.2 Å². The first kappa shape index (κ1) is 21.0. The summed E-state index contributed by atoms with van der Waals surface area (Å²) in [5.41, 5.74) is 2.50. The van der Waals surface area contributed by atoms with Crippen molar-refractivity contribution in [2.75, 3.05) is 4.90 Å². The monoisotopic (exact) mass is 449 g/mol. The Hall–Kier alpha value is -3.86. The molecule has 2 aliphatic heterocycles. The second-order valence-corrected chi connectivity index (χ2v) is 8.94. The minimum absolute atomic E-state index is 0.137. The van der Waals surface area contributed by atoms with Gasteiger partial charge in [0.1, 0.15) is 6.04 Å². The van der Waals surface area contributed by atoms with E-state index in [0.29, 0.717) is 16.1 Å². The Morgan fingerprint density at radius 1 is 0.970 bits per heavy atom. The third-order valence-electron chi connectivity index (χ3n) is 6.76. The third kappa shape index (κ3) is 3.07. The Morgan fingerprint density at radius 2 is 1.64 bits per heavy atom. The average molecular weight is 450 g/mol. The second-order valence-electron chi connectivity index (χ2n) is 8.54. The van der Waals surface area contributed by atoms with Gasteiger partial charge in [-0.3, -0.25) is 4.79 Å². The highest BCUT2D eigenvalue weighted by atomic mass is 35.5. The lowest BCUT2D eigenvalue weighted by Gasteiger charge is -2.35. The number of rotatable bonds is 3. The molecule has 0 amide bonds. The summed E-state index contributed by atoms with van der Waals surface area (Å²) in [6.45, 7) is 1.97. The molecule has 5 heteroatoms. The summed E-state index contributed by atoms with van der Waals surface area (Å²) < 4.78 is 0. The van der Waals surface area contributed by atoms with Crippen LogP contribution in [-0.2, 0) is 0 Å². The molecule has 0 radical (unpaired) electrons. The maximum Gasteiger partial charge on any atom is 0.185 e. The van der Waals surface area contributed by atoms with E-state index in [0.717, 1.165) is 16.8 Å². The summed E-state index contributed by atoms with van der Waals surface area (Å²) in [5.74, 6) is -0.877. The van der Waals surface area contributed by atoms with E-state index in [1.54, 1.807) is 24.3 Å². The number of halogens is 1. The van der Waals surface area contributed by atoms with Gasteiger partial charge in [0.25, 0.3) is 0 Å². The zero-order chi connectivity index (χ0) is 23.2. The first-order valence-electron chi connectivity index (χ1n) is 10.7. The highest BCUT2D eigenvalue weighted by Gasteiger charge is 2.63. The van der Waals surface area contributed by atoms with Crippen molar-refractivity contribution in [1.82, 2.24) is 0 Å². The van der Waals surface area contributed by atoms with Gasteiger partial charge in [-0.25, -0.2) is 0 Å². The molecule has 4 nitrogen and oxygen atoms in total. The summed E-state index contributed by atoms with van der Waals surface area (Å²) >= 11 is 6.61. The number of nitriles is 2. The van der Waals surface area contributed by atoms with E-state index in [4.69, 9.17) is 11.6 Å². The number of benzene rings is 3. The maximum atomic E-state index is 14.1. The van der Waals surface area contributed by atoms with E-state index in [-0.39, 0.29) is 5.78 Å². The molecule has 5 rings (SSSR count). The molecule has 0 aromatic heterocycles. The number of hydrogen-bond donors (Lipinski definition) is 0. The second kappa shape index (κ2) is 7.93. The Bertz CT molecular complexity index is 1350. The standard InChI is InChI=1S/C28H20ClN3O/c1-18-10-12-20(13-11-18)27(33)26-25(21-7-3-4-8-22(21)29)28(16-30,17-31)24-15-14-19-6-2-5-9-23(19)32(24)26/h2-15,24-26H,1H3/t24-,25-,26+/m1/s1. The topological polar surface area (TPSA) is 67.9 Å². The van der Waals surface area contributed by atoms with Crippen LogP contribution in [0.2, 0.25) is 5.02 Å². The molecule has 2 heterocycles. The van der Waals surface area contributed by atoms with E-state index < -0.39 is 23.4 Å². The van der Waals surface area contributed by atoms with Crippen molar-refractivity contribution < 1.29 is 4.79 Å². The van der Waals surface area contributed by atoms with Gasteiger partial charge in [0.2, 0.25) is 0 Å². The number of aryl methyl sites for hydroxylation is 1. The molecule has 0 N–H and O–H groups in total. The predicted molar refractivity (Wildman–Crippen MR) is 129 cm³/mol. The first-order valence-corrected chi connectivity index (χ1v) is 11.1. The molecule has 0 bridgehead atoms. The number of fused-ring (bicyclic) bond motifs is 3. The Morgan fingerprint density at radius 3 is 2.33 bits per heavy atom. The molecule has 0 unspecified atom stereocenters. The van der Waals surface area contributed by atoms with Crippen molar-refractivity contribution in [3.63, 3.8) is 0 Å². The maximum absolute atomic E-state index is 14.1. The fourth-order valence-corrected chi connectivity index (χ4v) is 5.45. The van der Waals surface area contributed by atoms with E-state index in [1.165, 1.54) is 0 Å². The van der Waals surface area contributed by atoms with Crippen LogP contribution >= 0.6 is 11.6 Å². The molecule has 0 saturated carbocycles. The number of carbonyl (C=O) groups is 1. The van der Waals surface area contributed by atoms with E-state index in [2.05, 4.69) is 12.1 Å². The minimum atomic E-state index is -1.50. The number of ketones is 1. The number of carbonyl (C=O) groups excluding carboxylic acids is 1. The normalized spacial score (nSPS) is 22.1. The van der Waals surface area contributed by atoms with Crippen molar-refractivity contribution in [3.05, 3.63) is 106 Å². The number of nitrogens with zero attached hydrogens (tertiary/aromatic N) is 3. The fraction of sp³-hybridized carbons (Fsp3) is 0.179. The molecule has 2 aliphatic rings. The van der Waals surface area contributed by atoms with Crippen molar-refractivity contribution in [2.45, 2.75) is 24.9 Å². The van der Waals surface area contributed by atoms with Crippen molar-refractivity contribution in [2.24, 2.45) is 5.41 Å². The summed E-state index contributed by atoms with van der Waals surface area (Å²) in [5, 5.41) is 21.3. The zero-order valence-corrected chi connectivity index (χ0v) is 18.7. The van der Waals surface area contributed by atoms with Gasteiger partial charge in [-0.2, -0.15) is 10.5 Å². The lowest BCUT2D eigenvalue weighted by atomic mass is 9.69. The van der Waals surface area contributed by atoms with Crippen LogP contribution in [-0.4, -0.2) is 17.9 Å². The average Bonchev–Trinajstić information content (AvgIpc) is 3.15. The number of para-hydroxylation sites is 1. The van der Waals surface area contributed by atoms with E-state index in [1.807, 2.05) is 72.5 Å². The van der Waals surface area contributed by atoms with Crippen LogP contribution in [0.5, 0.6) is 0 Å². The van der Waals surface area contributed by atoms with Crippen LogP contribution in [0, 0.1) is 35.0 Å². The van der Waals surface area contributed by atoms with Gasteiger partial charge < -0.3 is 4.90 Å². The Balaban J connectivity index is 1.80. The fourth-order valence-electron chi connectivity index (χ4n) is 5.19. The molecule has 33 heavy (non-hydrogen) atoms. The van der Waals surface area contributed by atoms with Gasteiger partial charge in [-0.05, 0) is 30.2 Å². The molecule has 1 saturated heterocycles. The van der Waals surface area contributed by atoms with Gasteiger partial charge in [-0.15, -0.1) is 0 Å². The van der Waals surface area contributed by atoms with Crippen LogP contribution in [0.4, 0.5) is 5.69 Å². The first-order chi connectivity index (χ1) is 16.0. The zero-order valence-electron chi connectivity index (χ0n) is 17.9. The number of anilines is 1. The quantitative estimate of drug-likeness (QED) is 0.464. The largest absolute Gasteiger partial charge is 0.351 e. The van der Waals surface area contributed by atoms with Crippen molar-refractivity contribution in [1.29, 1.82) is 10.5 Å². The van der Waals surface area contributed by atoms with Gasteiger partial charge in [0.15, 0.2) is 11.2 Å². The lowest BCUT2D eigenvalue weighted by Crippen LogP contribution is -2.44. The van der Waals surface area contributed by atoms with Crippen LogP contribution in [0.1, 0.15) is 33.0 Å². The minimum Gasteiger partial charge on any atom is -0.351 e. The highest BCUT2D eigenvalue weighted by Crippen LogP contribution is 2.56. The van der Waals surface area contributed by atoms with E-state index in [9.17, 15) is 15.3 Å². The molecular weight excluding hydrogens is 430 g/mol. The molecule has 3 aromatic carbocycles. The van der Waals surface area contributed by atoms with Crippen LogP contribution in [0.3, 0.4) is 0 Å². The van der Waals surface area contributed by atoms with Crippen molar-refractivity contribution in [3.8, 4) is 12.1 Å². The predicted octanol–water partition coefficient (Wildman–Crippen LogP) is 5.93. The smallest absolute Gasteiger partial charge is 0.185 e. The Labute approximate surface area is 198 Å². The molecule has 3 aromatic rings. The molecule has 1 fully saturated rings. The summed E-state index contributed by atoms with van der Waals surface area (Å²) in [7, 11) is 0. The highest BCUT2D eigenvalue weighted by molar-refractivity contribution is 6.31. The SMILES string of the molecule is Cc1ccc(C(=O)[C@@H]2[C@@H](c3ccccc3Cl)C(C#N)(C#N)[C@H]3C=Cc4ccccc4N23)cc1. The van der Waals surface area contributed by atoms with Crippen LogP contribution in [0.25, 0.3) is 6.08 Å². The number of Topliss-reactive ketones (excluding diaryl/α,β-unsaturated/α-hetero) is 1. The number of hydrogen-bond acceptors (Lipinski definition) is 4. The van der Waals surface area contributed by atoms with Gasteiger partial charge in [-0.1, -0.05) is 90.0 Å².